The molecule has 0 heterocycles. The second-order valence-corrected chi connectivity index (χ2v) is 6.30. The number of aliphatic carboxylic acids is 1. The molecule has 0 saturated heterocycles. The summed E-state index contributed by atoms with van der Waals surface area (Å²) in [7, 11) is 1.57. The molecule has 1 fully saturated rings. The van der Waals surface area contributed by atoms with Crippen molar-refractivity contribution in [3.8, 4) is 11.5 Å². The third kappa shape index (κ3) is 5.15. The van der Waals surface area contributed by atoms with Gasteiger partial charge in [0.25, 0.3) is 5.91 Å². The average molecular weight is 335 g/mol. The van der Waals surface area contributed by atoms with Crippen LogP contribution in [-0.4, -0.2) is 36.7 Å². The van der Waals surface area contributed by atoms with Crippen molar-refractivity contribution in [1.82, 2.24) is 5.32 Å². The Kier molecular flexibility index (Phi) is 6.46. The summed E-state index contributed by atoms with van der Waals surface area (Å²) in [5, 5.41) is 11.5. The van der Waals surface area contributed by atoms with Crippen LogP contribution in [0.4, 0.5) is 0 Å². The Morgan fingerprint density at radius 3 is 2.62 bits per heavy atom. The molecule has 0 spiro atoms. The predicted molar refractivity (Wildman–Crippen MR) is 89.6 cm³/mol. The van der Waals surface area contributed by atoms with Gasteiger partial charge in [0.1, 0.15) is 0 Å². The van der Waals surface area contributed by atoms with E-state index in [-0.39, 0.29) is 24.3 Å². The number of methoxy groups -OCH3 is 1. The van der Waals surface area contributed by atoms with Crippen LogP contribution < -0.4 is 14.8 Å². The molecule has 132 valence electrons. The molecule has 0 aromatic heterocycles. The van der Waals surface area contributed by atoms with E-state index in [4.69, 9.17) is 14.6 Å². The van der Waals surface area contributed by atoms with Crippen molar-refractivity contribution in [2.24, 2.45) is 5.92 Å². The normalized spacial score (nSPS) is 15.8. The summed E-state index contributed by atoms with van der Waals surface area (Å²) in [5.74, 6) is -0.0492. The smallest absolute Gasteiger partial charge is 0.303 e. The van der Waals surface area contributed by atoms with Crippen molar-refractivity contribution in [3.05, 3.63) is 23.8 Å². The van der Waals surface area contributed by atoms with Crippen LogP contribution in [0.2, 0.25) is 0 Å². The first kappa shape index (κ1) is 18.1. The fourth-order valence-corrected chi connectivity index (χ4v) is 2.84. The summed E-state index contributed by atoms with van der Waals surface area (Å²) in [6.07, 6.45) is 4.56. The van der Waals surface area contributed by atoms with E-state index in [0.29, 0.717) is 23.6 Å². The zero-order valence-electron chi connectivity index (χ0n) is 14.2. The number of carbonyl (C=O) groups excluding carboxylic acids is 1. The van der Waals surface area contributed by atoms with Crippen molar-refractivity contribution in [3.63, 3.8) is 0 Å². The molecule has 24 heavy (non-hydrogen) atoms. The van der Waals surface area contributed by atoms with Gasteiger partial charge in [-0.3, -0.25) is 9.59 Å². The number of carboxylic acids is 1. The van der Waals surface area contributed by atoms with Crippen molar-refractivity contribution in [1.29, 1.82) is 0 Å². The number of benzene rings is 1. The van der Waals surface area contributed by atoms with Crippen LogP contribution in [0.3, 0.4) is 0 Å². The van der Waals surface area contributed by atoms with Gasteiger partial charge in [-0.15, -0.1) is 0 Å². The number of carbonyl (C=O) groups is 2. The lowest BCUT2D eigenvalue weighted by atomic mass is 10.1. The molecule has 1 aromatic carbocycles. The topological polar surface area (TPSA) is 84.9 Å². The summed E-state index contributed by atoms with van der Waals surface area (Å²) in [6.45, 7) is 2.10. The van der Waals surface area contributed by atoms with Crippen LogP contribution in [-0.2, 0) is 4.79 Å². The lowest BCUT2D eigenvalue weighted by Gasteiger charge is -2.17. The summed E-state index contributed by atoms with van der Waals surface area (Å²) < 4.78 is 11.3. The number of rotatable bonds is 8. The number of hydrogen-bond donors (Lipinski definition) is 2. The minimum atomic E-state index is -0.867. The van der Waals surface area contributed by atoms with E-state index in [9.17, 15) is 9.59 Å². The first-order chi connectivity index (χ1) is 11.5. The highest BCUT2D eigenvalue weighted by molar-refractivity contribution is 5.94. The Bertz CT molecular complexity index is 581. The highest BCUT2D eigenvalue weighted by Crippen LogP contribution is 2.32. The van der Waals surface area contributed by atoms with E-state index in [1.54, 1.807) is 32.2 Å². The molecule has 0 bridgehead atoms. The molecule has 2 rings (SSSR count). The summed E-state index contributed by atoms with van der Waals surface area (Å²) in [6, 6.07) is 5.09. The van der Waals surface area contributed by atoms with Crippen LogP contribution in [0.15, 0.2) is 18.2 Å². The third-order valence-electron chi connectivity index (χ3n) is 4.16. The minimum absolute atomic E-state index is 0.0267. The maximum Gasteiger partial charge on any atom is 0.303 e. The number of amides is 1. The Balaban J connectivity index is 2.00. The van der Waals surface area contributed by atoms with E-state index < -0.39 is 5.97 Å². The highest BCUT2D eigenvalue weighted by atomic mass is 16.5. The lowest BCUT2D eigenvalue weighted by Crippen LogP contribution is -2.29. The van der Waals surface area contributed by atoms with Crippen LogP contribution in [0.25, 0.3) is 0 Å². The zero-order valence-corrected chi connectivity index (χ0v) is 14.2. The first-order valence-electron chi connectivity index (χ1n) is 8.34. The van der Waals surface area contributed by atoms with E-state index in [1.807, 2.05) is 0 Å². The number of nitrogens with one attached hydrogen (secondary N) is 1. The van der Waals surface area contributed by atoms with Crippen molar-refractivity contribution in [2.75, 3.05) is 13.7 Å². The summed E-state index contributed by atoms with van der Waals surface area (Å²) in [4.78, 5) is 22.9. The standard InChI is InChI=1S/C18H25NO5/c1-12(9-17(20)21)11-19-18(22)13-7-8-15(23-2)16(10-13)24-14-5-3-4-6-14/h7-8,10,12,14H,3-6,9,11H2,1-2H3,(H,19,22)(H,20,21). The van der Waals surface area contributed by atoms with Crippen molar-refractivity contribution in [2.45, 2.75) is 45.1 Å². The van der Waals surface area contributed by atoms with Gasteiger partial charge in [-0.2, -0.15) is 0 Å². The van der Waals surface area contributed by atoms with Gasteiger partial charge in [0.15, 0.2) is 11.5 Å². The van der Waals surface area contributed by atoms with E-state index in [1.165, 1.54) is 0 Å². The molecule has 1 aromatic rings. The average Bonchev–Trinajstić information content (AvgIpc) is 3.05. The molecule has 6 heteroatoms. The zero-order chi connectivity index (χ0) is 17.5. The molecule has 1 aliphatic carbocycles. The Hall–Kier alpha value is -2.24. The molecule has 1 atom stereocenters. The van der Waals surface area contributed by atoms with Gasteiger partial charge in [0.05, 0.1) is 13.2 Å². The SMILES string of the molecule is COc1ccc(C(=O)NCC(C)CC(=O)O)cc1OC1CCCC1. The van der Waals surface area contributed by atoms with E-state index in [2.05, 4.69) is 5.32 Å². The molecule has 0 aliphatic heterocycles. The molecule has 1 amide bonds. The maximum atomic E-state index is 12.3. The Morgan fingerprint density at radius 2 is 2.00 bits per heavy atom. The lowest BCUT2D eigenvalue weighted by molar-refractivity contribution is -0.137. The predicted octanol–water partition coefficient (Wildman–Crippen LogP) is 2.86. The molecule has 2 N–H and O–H groups in total. The Labute approximate surface area is 142 Å². The molecule has 6 nitrogen and oxygen atoms in total. The number of ether oxygens (including phenoxy) is 2. The second kappa shape index (κ2) is 8.57. The molecule has 1 unspecified atom stereocenters. The number of carboxylic acid groups (broad SMARTS) is 1. The summed E-state index contributed by atoms with van der Waals surface area (Å²) in [5.41, 5.74) is 0.478. The van der Waals surface area contributed by atoms with Gasteiger partial charge >= 0.3 is 5.97 Å². The maximum absolute atomic E-state index is 12.3. The molecule has 0 radical (unpaired) electrons. The molecule has 1 aliphatic rings. The Morgan fingerprint density at radius 1 is 1.29 bits per heavy atom. The van der Waals surface area contributed by atoms with Gasteiger partial charge in [-0.05, 0) is 49.8 Å². The van der Waals surface area contributed by atoms with Crippen LogP contribution in [0.5, 0.6) is 11.5 Å². The van der Waals surface area contributed by atoms with Gasteiger partial charge in [0, 0.05) is 18.5 Å². The van der Waals surface area contributed by atoms with Crippen LogP contribution in [0.1, 0.15) is 49.4 Å². The van der Waals surface area contributed by atoms with Gasteiger partial charge in [-0.25, -0.2) is 0 Å². The van der Waals surface area contributed by atoms with Gasteiger partial charge < -0.3 is 19.9 Å². The highest BCUT2D eigenvalue weighted by Gasteiger charge is 2.20. The first-order valence-corrected chi connectivity index (χ1v) is 8.34. The summed E-state index contributed by atoms with van der Waals surface area (Å²) >= 11 is 0. The molecule has 1 saturated carbocycles. The van der Waals surface area contributed by atoms with Crippen molar-refractivity contribution < 1.29 is 24.2 Å². The van der Waals surface area contributed by atoms with E-state index in [0.717, 1.165) is 25.7 Å². The second-order valence-electron chi connectivity index (χ2n) is 6.30. The van der Waals surface area contributed by atoms with Crippen LogP contribution >= 0.6 is 0 Å². The monoisotopic (exact) mass is 335 g/mol. The minimum Gasteiger partial charge on any atom is -0.493 e. The third-order valence-corrected chi connectivity index (χ3v) is 4.16. The van der Waals surface area contributed by atoms with Crippen molar-refractivity contribution >= 4 is 11.9 Å². The number of hydrogen-bond acceptors (Lipinski definition) is 4. The largest absolute Gasteiger partial charge is 0.493 e. The molecular weight excluding hydrogens is 310 g/mol. The van der Waals surface area contributed by atoms with Gasteiger partial charge in [-0.1, -0.05) is 6.92 Å². The molecular formula is C18H25NO5. The fraction of sp³-hybridized carbons (Fsp3) is 0.556. The van der Waals surface area contributed by atoms with E-state index >= 15 is 0 Å². The van der Waals surface area contributed by atoms with Crippen LogP contribution in [0, 0.1) is 5.92 Å². The quantitative estimate of drug-likeness (QED) is 0.763. The fourth-order valence-electron chi connectivity index (χ4n) is 2.84. The van der Waals surface area contributed by atoms with Gasteiger partial charge in [0.2, 0.25) is 0 Å².